The topological polar surface area (TPSA) is 77.6 Å². The number of rotatable bonds is 2. The van der Waals surface area contributed by atoms with E-state index in [4.69, 9.17) is 20.2 Å². The van der Waals surface area contributed by atoms with E-state index in [0.29, 0.717) is 11.6 Å². The van der Waals surface area contributed by atoms with Crippen molar-refractivity contribution < 1.29 is 14.6 Å². The molecule has 0 spiro atoms. The Morgan fingerprint density at radius 1 is 1.03 bits per heavy atom. The smallest absolute Gasteiger partial charge is 0.225 e. The second-order valence-corrected chi connectivity index (χ2v) is 8.54. The lowest BCUT2D eigenvalue weighted by Gasteiger charge is -2.32. The summed E-state index contributed by atoms with van der Waals surface area (Å²) < 4.78 is 11.8. The van der Waals surface area contributed by atoms with E-state index in [-0.39, 0.29) is 11.7 Å². The van der Waals surface area contributed by atoms with Gasteiger partial charge < -0.3 is 20.3 Å². The molecule has 1 aromatic heterocycles. The van der Waals surface area contributed by atoms with Crippen molar-refractivity contribution in [3.8, 4) is 23.1 Å². The van der Waals surface area contributed by atoms with Crippen LogP contribution in [-0.4, -0.2) is 17.2 Å². The molecular weight excluding hydrogens is 400 g/mol. The molecule has 1 aliphatic heterocycles. The van der Waals surface area contributed by atoms with Crippen molar-refractivity contribution in [1.82, 2.24) is 4.98 Å². The number of hydrogen-bond donors (Lipinski definition) is 2. The number of hydrogen-bond acceptors (Lipinski definition) is 5. The Labute approximate surface area is 186 Å². The molecule has 5 heteroatoms. The van der Waals surface area contributed by atoms with Crippen molar-refractivity contribution in [2.45, 2.75) is 31.6 Å². The van der Waals surface area contributed by atoms with Crippen molar-refractivity contribution in [1.29, 1.82) is 0 Å². The first-order valence-corrected chi connectivity index (χ1v) is 11.0. The fourth-order valence-corrected chi connectivity index (χ4v) is 5.24. The summed E-state index contributed by atoms with van der Waals surface area (Å²) in [7, 11) is 1.56. The van der Waals surface area contributed by atoms with Crippen molar-refractivity contribution in [2.24, 2.45) is 0 Å². The standard InChI is InChI=1S/C27H24N2O3/c1-31-22-14-16(10-12-20(22)30)23-24-17-7-3-2-6-15(17)11-13-21(24)32-27-25(23)26(28)18-8-4-5-9-19(18)29-27/h2-3,6-7,10-14,23,30H,4-5,8-9H2,1H3,(H2,28,29). The second-order valence-electron chi connectivity index (χ2n) is 8.54. The maximum atomic E-state index is 10.2. The number of ether oxygens (including phenoxy) is 2. The van der Waals surface area contributed by atoms with Gasteiger partial charge in [-0.3, -0.25) is 0 Å². The van der Waals surface area contributed by atoms with Crippen molar-refractivity contribution in [2.75, 3.05) is 12.8 Å². The minimum atomic E-state index is -0.186. The summed E-state index contributed by atoms with van der Waals surface area (Å²) in [5.74, 6) is 1.73. The average Bonchev–Trinajstić information content (AvgIpc) is 2.83. The molecule has 0 fully saturated rings. The highest BCUT2D eigenvalue weighted by Gasteiger charge is 2.35. The van der Waals surface area contributed by atoms with Crippen LogP contribution in [0, 0.1) is 0 Å². The Hall–Kier alpha value is -3.73. The second kappa shape index (κ2) is 7.16. The highest BCUT2D eigenvalue weighted by molar-refractivity contribution is 5.91. The van der Waals surface area contributed by atoms with Gasteiger partial charge in [0.05, 0.1) is 7.11 Å². The van der Waals surface area contributed by atoms with Gasteiger partial charge >= 0.3 is 0 Å². The molecular formula is C27H24N2O3. The number of phenolic OH excluding ortho intramolecular Hbond substituents is 1. The predicted octanol–water partition coefficient (Wildman–Crippen LogP) is 5.70. The minimum Gasteiger partial charge on any atom is -0.504 e. The van der Waals surface area contributed by atoms with Gasteiger partial charge in [0, 0.05) is 28.4 Å². The van der Waals surface area contributed by atoms with E-state index in [9.17, 15) is 5.11 Å². The lowest BCUT2D eigenvalue weighted by atomic mass is 9.79. The Morgan fingerprint density at radius 3 is 2.75 bits per heavy atom. The van der Waals surface area contributed by atoms with E-state index < -0.39 is 0 Å². The average molecular weight is 425 g/mol. The van der Waals surface area contributed by atoms with Crippen molar-refractivity contribution in [3.05, 3.63) is 82.5 Å². The minimum absolute atomic E-state index is 0.109. The van der Waals surface area contributed by atoms with Crippen molar-refractivity contribution >= 4 is 16.5 Å². The molecule has 2 heterocycles. The summed E-state index contributed by atoms with van der Waals surface area (Å²) in [5, 5.41) is 12.5. The molecule has 6 rings (SSSR count). The molecule has 1 atom stereocenters. The lowest BCUT2D eigenvalue weighted by Crippen LogP contribution is -2.19. The highest BCUT2D eigenvalue weighted by Crippen LogP contribution is 2.53. The van der Waals surface area contributed by atoms with E-state index in [2.05, 4.69) is 18.2 Å². The maximum absolute atomic E-state index is 10.2. The number of fused-ring (bicyclic) bond motifs is 5. The molecule has 1 aliphatic carbocycles. The third-order valence-electron chi connectivity index (χ3n) is 6.77. The van der Waals surface area contributed by atoms with Crippen LogP contribution in [0.5, 0.6) is 23.1 Å². The molecule has 0 bridgehead atoms. The largest absolute Gasteiger partial charge is 0.504 e. The first kappa shape index (κ1) is 19.0. The van der Waals surface area contributed by atoms with E-state index in [1.165, 1.54) is 0 Å². The SMILES string of the molecule is COc1cc(C2c3c(nc4c(c3N)CCCC4)Oc3ccc4ccccc4c32)ccc1O. The Kier molecular flexibility index (Phi) is 4.25. The monoisotopic (exact) mass is 424 g/mol. The molecule has 0 radical (unpaired) electrons. The number of nitrogens with two attached hydrogens (primary N) is 1. The quantitative estimate of drug-likeness (QED) is 0.380. The summed E-state index contributed by atoms with van der Waals surface area (Å²) in [6.07, 6.45) is 4.11. The molecule has 0 amide bonds. The highest BCUT2D eigenvalue weighted by atomic mass is 16.5. The number of nitrogens with zero attached hydrogens (tertiary/aromatic N) is 1. The third-order valence-corrected chi connectivity index (χ3v) is 6.77. The Morgan fingerprint density at radius 2 is 1.88 bits per heavy atom. The van der Waals surface area contributed by atoms with E-state index in [1.807, 2.05) is 30.3 Å². The number of anilines is 1. The van der Waals surface area contributed by atoms with Crippen molar-refractivity contribution in [3.63, 3.8) is 0 Å². The van der Waals surface area contributed by atoms with Gasteiger partial charge in [-0.05, 0) is 65.8 Å². The number of aryl methyl sites for hydroxylation is 1. The number of nitrogen functional groups attached to an aromatic ring is 1. The van der Waals surface area contributed by atoms with Crippen LogP contribution in [0.4, 0.5) is 5.69 Å². The molecule has 160 valence electrons. The Balaban J connectivity index is 1.69. The van der Waals surface area contributed by atoms with Gasteiger partial charge in [0.15, 0.2) is 11.5 Å². The zero-order chi connectivity index (χ0) is 21.8. The van der Waals surface area contributed by atoms with E-state index >= 15 is 0 Å². The van der Waals surface area contributed by atoms with Gasteiger partial charge in [-0.2, -0.15) is 0 Å². The van der Waals surface area contributed by atoms with Gasteiger partial charge in [0.25, 0.3) is 0 Å². The fraction of sp³-hybridized carbons (Fsp3) is 0.222. The van der Waals surface area contributed by atoms with Gasteiger partial charge in [-0.25, -0.2) is 4.98 Å². The molecule has 4 aromatic rings. The first-order valence-electron chi connectivity index (χ1n) is 11.0. The van der Waals surface area contributed by atoms with Crippen LogP contribution in [0.25, 0.3) is 10.8 Å². The van der Waals surface area contributed by atoms with Crippen LogP contribution in [0.3, 0.4) is 0 Å². The predicted molar refractivity (Wildman–Crippen MR) is 125 cm³/mol. The van der Waals surface area contributed by atoms with Gasteiger partial charge in [0.2, 0.25) is 5.88 Å². The Bertz CT molecular complexity index is 1380. The molecule has 5 nitrogen and oxygen atoms in total. The van der Waals surface area contributed by atoms with Gasteiger partial charge in [0.1, 0.15) is 5.75 Å². The summed E-state index contributed by atoms with van der Waals surface area (Å²) in [4.78, 5) is 4.95. The fourth-order valence-electron chi connectivity index (χ4n) is 5.24. The van der Waals surface area contributed by atoms with Gasteiger partial charge in [-0.1, -0.05) is 36.4 Å². The molecule has 32 heavy (non-hydrogen) atoms. The number of methoxy groups -OCH3 is 1. The normalized spacial score (nSPS) is 16.6. The summed E-state index contributed by atoms with van der Waals surface area (Å²) in [5.41, 5.74) is 12.8. The first-order chi connectivity index (χ1) is 15.7. The van der Waals surface area contributed by atoms with Crippen LogP contribution in [0.15, 0.2) is 54.6 Å². The maximum Gasteiger partial charge on any atom is 0.225 e. The van der Waals surface area contributed by atoms with Gasteiger partial charge in [-0.15, -0.1) is 0 Å². The lowest BCUT2D eigenvalue weighted by molar-refractivity contribution is 0.372. The van der Waals surface area contributed by atoms with Crippen LogP contribution < -0.4 is 15.2 Å². The summed E-state index contributed by atoms with van der Waals surface area (Å²) in [6.45, 7) is 0. The molecule has 3 aromatic carbocycles. The van der Waals surface area contributed by atoms with Crippen LogP contribution in [0.1, 0.15) is 46.7 Å². The summed E-state index contributed by atoms with van der Waals surface area (Å²) >= 11 is 0. The summed E-state index contributed by atoms with van der Waals surface area (Å²) in [6, 6.07) is 17.9. The van der Waals surface area contributed by atoms with Crippen LogP contribution >= 0.6 is 0 Å². The molecule has 2 aliphatic rings. The molecule has 0 saturated carbocycles. The number of aromatic nitrogens is 1. The zero-order valence-electron chi connectivity index (χ0n) is 17.9. The van der Waals surface area contributed by atoms with E-state index in [0.717, 1.165) is 75.8 Å². The molecule has 1 unspecified atom stereocenters. The molecule has 3 N–H and O–H groups in total. The number of aromatic hydroxyl groups is 1. The molecule has 0 saturated heterocycles. The van der Waals surface area contributed by atoms with E-state index in [1.54, 1.807) is 13.2 Å². The van der Waals surface area contributed by atoms with Crippen LogP contribution in [-0.2, 0) is 12.8 Å². The number of pyridine rings is 1. The number of phenols is 1. The van der Waals surface area contributed by atoms with Crippen LogP contribution in [0.2, 0.25) is 0 Å². The third kappa shape index (κ3) is 2.74. The number of benzene rings is 3. The zero-order valence-corrected chi connectivity index (χ0v) is 17.9.